The number of Topliss-reactive ketones (excluding diaryl/α,β-unsaturated/α-hetero) is 1. The topological polar surface area (TPSA) is 173 Å². The second-order valence-corrected chi connectivity index (χ2v) is 11.8. The molecular formula is C36H46N4O10. The number of carbonyl (C=O) groups excluding carboxylic acids is 5. The van der Waals surface area contributed by atoms with Crippen molar-refractivity contribution in [1.82, 2.24) is 4.90 Å². The minimum Gasteiger partial charge on any atom is -0.506 e. The summed E-state index contributed by atoms with van der Waals surface area (Å²) in [4.78, 5) is 70.6. The predicted molar refractivity (Wildman–Crippen MR) is 188 cm³/mol. The molecule has 1 aromatic rings. The lowest BCUT2D eigenvalue weighted by Crippen LogP contribution is -2.27. The number of unbranched alkanes of at least 4 members (excludes halogenated alkanes) is 2. The van der Waals surface area contributed by atoms with E-state index >= 15 is 0 Å². The Hall–Kier alpha value is -5.40. The molecule has 1 aromatic carbocycles. The molecule has 2 amide bonds. The van der Waals surface area contributed by atoms with Crippen LogP contribution in [0.3, 0.4) is 0 Å². The van der Waals surface area contributed by atoms with Crippen molar-refractivity contribution in [3.63, 3.8) is 0 Å². The molecule has 0 bridgehead atoms. The van der Waals surface area contributed by atoms with Gasteiger partial charge in [0.25, 0.3) is 0 Å². The lowest BCUT2D eigenvalue weighted by atomic mass is 9.78. The molecule has 0 atom stereocenters. The van der Waals surface area contributed by atoms with Gasteiger partial charge in [0.1, 0.15) is 19.0 Å². The number of carbonyl (C=O) groups is 5. The van der Waals surface area contributed by atoms with E-state index in [4.69, 9.17) is 18.9 Å². The highest BCUT2D eigenvalue weighted by Gasteiger charge is 2.39. The highest BCUT2D eigenvalue weighted by Crippen LogP contribution is 2.42. The first-order valence-corrected chi connectivity index (χ1v) is 16.5. The van der Waals surface area contributed by atoms with Crippen LogP contribution in [0.15, 0.2) is 64.0 Å². The minimum absolute atomic E-state index is 0.0275. The SMILES string of the molecule is CCCCOC(=O)OCCC(=O)N=C1C=C(N(C)C)C=C/C1=C1\C(=O)C(c2ccc(N(C)C)cc2NC(=O)CCOC(=O)OCCCC)=C1O. The molecule has 0 aliphatic heterocycles. The number of ether oxygens (including phenoxy) is 4. The number of likely N-dealkylation sites (N-methyl/N-ethyl adjacent to an activating group) is 1. The predicted octanol–water partition coefficient (Wildman–Crippen LogP) is 5.51. The van der Waals surface area contributed by atoms with Crippen molar-refractivity contribution in [2.24, 2.45) is 4.99 Å². The number of amides is 2. The number of aliphatic imine (C=N–C) groups is 1. The molecule has 3 rings (SSSR count). The number of aliphatic hydroxyl groups is 1. The van der Waals surface area contributed by atoms with Gasteiger partial charge in [-0.2, -0.15) is 0 Å². The smallest absolute Gasteiger partial charge is 0.506 e. The fourth-order valence-electron chi connectivity index (χ4n) is 4.67. The van der Waals surface area contributed by atoms with Gasteiger partial charge < -0.3 is 39.2 Å². The van der Waals surface area contributed by atoms with Crippen LogP contribution in [0.5, 0.6) is 0 Å². The molecule has 0 aromatic heterocycles. The van der Waals surface area contributed by atoms with Crippen LogP contribution in [0, 0.1) is 0 Å². The van der Waals surface area contributed by atoms with E-state index in [0.717, 1.165) is 12.8 Å². The van der Waals surface area contributed by atoms with Gasteiger partial charge in [0, 0.05) is 50.7 Å². The van der Waals surface area contributed by atoms with E-state index in [2.05, 4.69) is 10.3 Å². The zero-order valence-corrected chi connectivity index (χ0v) is 29.5. The van der Waals surface area contributed by atoms with Crippen LogP contribution >= 0.6 is 0 Å². The maximum Gasteiger partial charge on any atom is 0.508 e. The highest BCUT2D eigenvalue weighted by atomic mass is 16.7. The maximum atomic E-state index is 13.7. The van der Waals surface area contributed by atoms with Crippen LogP contribution in [0.1, 0.15) is 57.9 Å². The first-order chi connectivity index (χ1) is 23.9. The molecule has 2 aliphatic carbocycles. The van der Waals surface area contributed by atoms with Crippen LogP contribution in [0.2, 0.25) is 0 Å². The Morgan fingerprint density at radius 3 is 1.96 bits per heavy atom. The van der Waals surface area contributed by atoms with Crippen molar-refractivity contribution < 1.29 is 48.0 Å². The van der Waals surface area contributed by atoms with Crippen LogP contribution in [-0.4, -0.2) is 100 Å². The molecule has 14 nitrogen and oxygen atoms in total. The number of hydrogen-bond acceptors (Lipinski definition) is 12. The van der Waals surface area contributed by atoms with E-state index in [1.807, 2.05) is 27.9 Å². The molecule has 0 spiro atoms. The quantitative estimate of drug-likeness (QED) is 0.126. The van der Waals surface area contributed by atoms with E-state index in [-0.39, 0.29) is 78.7 Å². The van der Waals surface area contributed by atoms with Crippen LogP contribution in [0.4, 0.5) is 21.0 Å². The summed E-state index contributed by atoms with van der Waals surface area (Å²) < 4.78 is 19.8. The van der Waals surface area contributed by atoms with Gasteiger partial charge in [-0.25, -0.2) is 14.6 Å². The number of aliphatic hydroxyl groups excluding tert-OH is 1. The zero-order chi connectivity index (χ0) is 36.8. The van der Waals surface area contributed by atoms with Crippen LogP contribution in [0.25, 0.3) is 5.57 Å². The average molecular weight is 695 g/mol. The number of benzene rings is 1. The molecule has 270 valence electrons. The number of allylic oxidation sites excluding steroid dienone is 6. The van der Waals surface area contributed by atoms with Gasteiger partial charge in [-0.1, -0.05) is 26.7 Å². The fourth-order valence-corrected chi connectivity index (χ4v) is 4.67. The lowest BCUT2D eigenvalue weighted by molar-refractivity contribution is -0.119. The Labute approximate surface area is 292 Å². The Kier molecular flexibility index (Phi) is 14.8. The van der Waals surface area contributed by atoms with Crippen molar-refractivity contribution in [2.75, 3.05) is 64.8 Å². The Balaban J connectivity index is 1.86. The summed E-state index contributed by atoms with van der Waals surface area (Å²) >= 11 is 0. The van der Waals surface area contributed by atoms with E-state index in [0.29, 0.717) is 24.2 Å². The number of nitrogens with zero attached hydrogens (tertiary/aromatic N) is 3. The zero-order valence-electron chi connectivity index (χ0n) is 29.5. The lowest BCUT2D eigenvalue weighted by Gasteiger charge is -2.27. The fraction of sp³-hybridized carbons (Fsp3) is 0.444. The largest absolute Gasteiger partial charge is 0.508 e. The Morgan fingerprint density at radius 1 is 0.800 bits per heavy atom. The van der Waals surface area contributed by atoms with Crippen molar-refractivity contribution in [2.45, 2.75) is 52.4 Å². The molecule has 0 unspecified atom stereocenters. The molecule has 0 heterocycles. The number of hydrogen-bond donors (Lipinski definition) is 2. The average Bonchev–Trinajstić information content (AvgIpc) is 3.06. The van der Waals surface area contributed by atoms with Crippen molar-refractivity contribution in [1.29, 1.82) is 0 Å². The van der Waals surface area contributed by atoms with Crippen LogP contribution < -0.4 is 10.2 Å². The van der Waals surface area contributed by atoms with E-state index in [9.17, 15) is 29.1 Å². The second kappa shape index (κ2) is 19.0. The van der Waals surface area contributed by atoms with Crippen molar-refractivity contribution >= 4 is 52.6 Å². The van der Waals surface area contributed by atoms with Gasteiger partial charge in [0.15, 0.2) is 0 Å². The number of ketones is 1. The number of rotatable bonds is 16. The molecule has 14 heteroatoms. The normalized spacial score (nSPS) is 16.0. The van der Waals surface area contributed by atoms with Gasteiger partial charge >= 0.3 is 12.3 Å². The minimum atomic E-state index is -0.871. The molecule has 2 N–H and O–H groups in total. The monoisotopic (exact) mass is 694 g/mol. The van der Waals surface area contributed by atoms with Gasteiger partial charge in [-0.05, 0) is 49.3 Å². The molecule has 50 heavy (non-hydrogen) atoms. The summed E-state index contributed by atoms with van der Waals surface area (Å²) in [5.41, 5.74) is 2.24. The second-order valence-electron chi connectivity index (χ2n) is 11.8. The van der Waals surface area contributed by atoms with Gasteiger partial charge in [-0.15, -0.1) is 0 Å². The highest BCUT2D eigenvalue weighted by molar-refractivity contribution is 6.42. The molecule has 0 fully saturated rings. The first-order valence-electron chi connectivity index (χ1n) is 16.5. The first kappa shape index (κ1) is 39.0. The summed E-state index contributed by atoms with van der Waals surface area (Å²) in [5.74, 6) is -1.95. The Bertz CT molecular complexity index is 1620. The third kappa shape index (κ3) is 10.8. The third-order valence-electron chi connectivity index (χ3n) is 7.52. The summed E-state index contributed by atoms with van der Waals surface area (Å²) in [6.45, 7) is 3.91. The summed E-state index contributed by atoms with van der Waals surface area (Å²) in [7, 11) is 7.22. The molecule has 0 radical (unpaired) electrons. The Morgan fingerprint density at radius 2 is 1.40 bits per heavy atom. The van der Waals surface area contributed by atoms with Gasteiger partial charge in [0.2, 0.25) is 17.6 Å². The summed E-state index contributed by atoms with van der Waals surface area (Å²) in [5, 5.41) is 14.1. The van der Waals surface area contributed by atoms with Gasteiger partial charge in [-0.3, -0.25) is 14.4 Å². The van der Waals surface area contributed by atoms with E-state index in [1.165, 1.54) is 0 Å². The molecule has 0 saturated heterocycles. The van der Waals surface area contributed by atoms with E-state index in [1.54, 1.807) is 60.3 Å². The van der Waals surface area contributed by atoms with Crippen LogP contribution in [-0.2, 0) is 33.3 Å². The molecule has 2 aliphatic rings. The van der Waals surface area contributed by atoms with Crippen molar-refractivity contribution in [3.8, 4) is 0 Å². The number of nitrogens with one attached hydrogen (secondary N) is 1. The van der Waals surface area contributed by atoms with Crippen molar-refractivity contribution in [3.05, 3.63) is 64.6 Å². The standard InChI is InChI=1S/C36H46N4O10/c1-7-9-17-47-35(45)49-19-15-29(41)37-27-21-23(39(3)4)11-13-25(27)31-33(43)32(34(31)44)26-14-12-24(40(5)6)22-28(26)38-30(42)16-20-50-36(46)48-18-10-8-2/h11-14,21-22,43H,7-10,15-20H2,1-6H3,(H,37,41)/b32-26+,38-28?. The maximum absolute atomic E-state index is 13.7. The number of anilines is 2. The summed E-state index contributed by atoms with van der Waals surface area (Å²) in [6.07, 6.45) is 5.89. The molecular weight excluding hydrogens is 648 g/mol. The summed E-state index contributed by atoms with van der Waals surface area (Å²) in [6, 6.07) is 5.01. The molecule has 0 saturated carbocycles. The van der Waals surface area contributed by atoms with Gasteiger partial charge in [0.05, 0.1) is 48.6 Å². The van der Waals surface area contributed by atoms with E-state index < -0.39 is 29.9 Å². The third-order valence-corrected chi connectivity index (χ3v) is 7.52.